The predicted molar refractivity (Wildman–Crippen MR) is 78.8 cm³/mol. The summed E-state index contributed by atoms with van der Waals surface area (Å²) in [6, 6.07) is 0.710. The average molecular weight is 341 g/mol. The molecular weight excluding hydrogens is 323 g/mol. The Balaban J connectivity index is 0.00000147. The lowest BCUT2D eigenvalue weighted by Gasteiger charge is -2.23. The Bertz CT molecular complexity index is 570. The van der Waals surface area contributed by atoms with Crippen LogP contribution < -0.4 is 5.32 Å². The molecule has 2 bridgehead atoms. The van der Waals surface area contributed by atoms with Crippen LogP contribution in [0.5, 0.6) is 0 Å². The third-order valence-corrected chi connectivity index (χ3v) is 6.29. The van der Waals surface area contributed by atoms with Gasteiger partial charge in [-0.3, -0.25) is 4.68 Å². The van der Waals surface area contributed by atoms with E-state index in [1.54, 1.807) is 7.05 Å². The van der Waals surface area contributed by atoms with Crippen LogP contribution in [0.25, 0.3) is 0 Å². The van der Waals surface area contributed by atoms with Crippen LogP contribution in [-0.2, 0) is 17.1 Å². The van der Waals surface area contributed by atoms with Gasteiger partial charge in [-0.15, -0.1) is 12.4 Å². The summed E-state index contributed by atoms with van der Waals surface area (Å²) in [5, 5.41) is 7.65. The second-order valence-corrected chi connectivity index (χ2v) is 7.47. The number of nitrogens with zero attached hydrogens (tertiary/aromatic N) is 3. The molecule has 2 unspecified atom stereocenters. The fourth-order valence-electron chi connectivity index (χ4n) is 2.94. The zero-order valence-electron chi connectivity index (χ0n) is 11.1. The highest BCUT2D eigenvalue weighted by molar-refractivity contribution is 7.89. The van der Waals surface area contributed by atoms with Gasteiger partial charge < -0.3 is 5.32 Å². The van der Waals surface area contributed by atoms with Gasteiger partial charge in [-0.2, -0.15) is 9.40 Å². The highest BCUT2D eigenvalue weighted by atomic mass is 35.5. The number of halogens is 2. The van der Waals surface area contributed by atoms with Gasteiger partial charge >= 0.3 is 0 Å². The Kier molecular flexibility index (Phi) is 4.66. The topological polar surface area (TPSA) is 67.2 Å². The number of nitrogens with one attached hydrogen (secondary N) is 1. The lowest BCUT2D eigenvalue weighted by atomic mass is 10.1. The van der Waals surface area contributed by atoms with E-state index in [0.29, 0.717) is 19.1 Å². The summed E-state index contributed by atoms with van der Waals surface area (Å²) in [5.74, 6) is 0. The molecule has 0 aromatic carbocycles. The Morgan fingerprint density at radius 2 is 2.05 bits per heavy atom. The summed E-state index contributed by atoms with van der Waals surface area (Å²) in [6.45, 7) is 1.05. The van der Waals surface area contributed by atoms with Gasteiger partial charge in [-0.1, -0.05) is 11.6 Å². The van der Waals surface area contributed by atoms with Crippen LogP contribution in [0.15, 0.2) is 11.2 Å². The molecule has 2 aliphatic rings. The second-order valence-electron chi connectivity index (χ2n) is 5.21. The van der Waals surface area contributed by atoms with E-state index < -0.39 is 10.0 Å². The van der Waals surface area contributed by atoms with Crippen LogP contribution in [0.1, 0.15) is 19.3 Å². The van der Waals surface area contributed by atoms with E-state index >= 15 is 0 Å². The molecule has 2 atom stereocenters. The van der Waals surface area contributed by atoms with Gasteiger partial charge in [0.1, 0.15) is 0 Å². The van der Waals surface area contributed by atoms with Crippen LogP contribution in [0.3, 0.4) is 0 Å². The number of aryl methyl sites for hydroxylation is 1. The van der Waals surface area contributed by atoms with Crippen molar-refractivity contribution in [3.63, 3.8) is 0 Å². The minimum Gasteiger partial charge on any atom is -0.310 e. The van der Waals surface area contributed by atoms with E-state index in [4.69, 9.17) is 11.6 Å². The van der Waals surface area contributed by atoms with E-state index in [0.717, 1.165) is 19.3 Å². The first-order chi connectivity index (χ1) is 8.98. The second kappa shape index (κ2) is 5.81. The van der Waals surface area contributed by atoms with Crippen molar-refractivity contribution in [2.75, 3.05) is 13.1 Å². The zero-order chi connectivity index (χ0) is 13.6. The lowest BCUT2D eigenvalue weighted by molar-refractivity contribution is 0.379. The first kappa shape index (κ1) is 16.0. The van der Waals surface area contributed by atoms with Gasteiger partial charge in [0.15, 0.2) is 5.03 Å². The number of aromatic nitrogens is 2. The van der Waals surface area contributed by atoms with Crippen molar-refractivity contribution in [1.29, 1.82) is 0 Å². The summed E-state index contributed by atoms with van der Waals surface area (Å²) < 4.78 is 28.2. The molecule has 3 rings (SSSR count). The number of rotatable bonds is 2. The quantitative estimate of drug-likeness (QED) is 0.872. The van der Waals surface area contributed by atoms with Crippen molar-refractivity contribution in [1.82, 2.24) is 19.4 Å². The molecule has 20 heavy (non-hydrogen) atoms. The summed E-state index contributed by atoms with van der Waals surface area (Å²) in [6.07, 6.45) is 4.41. The summed E-state index contributed by atoms with van der Waals surface area (Å²) in [4.78, 5) is 0. The molecule has 0 spiro atoms. The Morgan fingerprint density at radius 1 is 1.35 bits per heavy atom. The summed E-state index contributed by atoms with van der Waals surface area (Å²) in [5.41, 5.74) is 0. The Morgan fingerprint density at radius 3 is 2.70 bits per heavy atom. The molecule has 0 aliphatic carbocycles. The molecule has 1 aromatic rings. The molecule has 0 amide bonds. The number of sulfonamides is 1. The van der Waals surface area contributed by atoms with Crippen LogP contribution in [0, 0.1) is 0 Å². The van der Waals surface area contributed by atoms with Gasteiger partial charge in [0.05, 0.1) is 11.2 Å². The Hall–Kier alpha value is -0.340. The zero-order valence-corrected chi connectivity index (χ0v) is 13.5. The molecule has 9 heteroatoms. The van der Waals surface area contributed by atoms with E-state index in [9.17, 15) is 8.42 Å². The Labute approximate surface area is 129 Å². The molecule has 1 N–H and O–H groups in total. The molecule has 2 aliphatic heterocycles. The van der Waals surface area contributed by atoms with Crippen molar-refractivity contribution < 1.29 is 8.42 Å². The molecule has 0 saturated carbocycles. The molecule has 114 valence electrons. The average Bonchev–Trinajstić information content (AvgIpc) is 2.81. The smallest absolute Gasteiger partial charge is 0.261 e. The molecular formula is C11H18Cl2N4O2S. The van der Waals surface area contributed by atoms with Crippen LogP contribution >= 0.6 is 24.0 Å². The molecule has 6 nitrogen and oxygen atoms in total. The van der Waals surface area contributed by atoms with E-state index in [1.807, 2.05) is 0 Å². The van der Waals surface area contributed by atoms with Crippen LogP contribution in [0.4, 0.5) is 0 Å². The number of fused-ring (bicyclic) bond motifs is 2. The minimum absolute atomic E-state index is 0. The maximum absolute atomic E-state index is 12.7. The largest absolute Gasteiger partial charge is 0.310 e. The highest BCUT2D eigenvalue weighted by Gasteiger charge is 2.37. The van der Waals surface area contributed by atoms with Crippen molar-refractivity contribution in [3.8, 4) is 0 Å². The van der Waals surface area contributed by atoms with Crippen molar-refractivity contribution in [2.24, 2.45) is 7.05 Å². The van der Waals surface area contributed by atoms with Crippen molar-refractivity contribution in [3.05, 3.63) is 11.2 Å². The molecule has 3 heterocycles. The fourth-order valence-corrected chi connectivity index (χ4v) is 5.05. The first-order valence-corrected chi connectivity index (χ1v) is 8.24. The van der Waals surface area contributed by atoms with E-state index in [2.05, 4.69) is 10.4 Å². The minimum atomic E-state index is -3.56. The van der Waals surface area contributed by atoms with Crippen molar-refractivity contribution in [2.45, 2.75) is 36.4 Å². The fraction of sp³-hybridized carbons (Fsp3) is 0.727. The molecule has 2 saturated heterocycles. The lowest BCUT2D eigenvalue weighted by Crippen LogP contribution is -2.39. The van der Waals surface area contributed by atoms with Gasteiger partial charge in [0.25, 0.3) is 10.0 Å². The van der Waals surface area contributed by atoms with Gasteiger partial charge in [0.2, 0.25) is 0 Å². The SMILES string of the molecule is Cl.Cn1ncc(Cl)c1S(=O)(=O)N1CCC2CCC(C1)N2. The van der Waals surface area contributed by atoms with Crippen LogP contribution in [0.2, 0.25) is 5.02 Å². The standard InChI is InChI=1S/C11H17ClN4O2S.ClH/c1-15-11(10(12)6-13-15)19(17,18)16-5-4-8-2-3-9(7-16)14-8;/h6,8-9,14H,2-5,7H2,1H3;1H. The van der Waals surface area contributed by atoms with E-state index in [-0.39, 0.29) is 28.5 Å². The maximum atomic E-state index is 12.7. The van der Waals surface area contributed by atoms with Gasteiger partial charge in [-0.25, -0.2) is 8.42 Å². The molecule has 2 fully saturated rings. The van der Waals surface area contributed by atoms with E-state index in [1.165, 1.54) is 15.2 Å². The third-order valence-electron chi connectivity index (χ3n) is 3.91. The normalized spacial score (nSPS) is 27.1. The highest BCUT2D eigenvalue weighted by Crippen LogP contribution is 2.28. The summed E-state index contributed by atoms with van der Waals surface area (Å²) >= 11 is 5.96. The third kappa shape index (κ3) is 2.69. The van der Waals surface area contributed by atoms with Crippen LogP contribution in [-0.4, -0.2) is 47.7 Å². The number of hydrogen-bond donors (Lipinski definition) is 1. The monoisotopic (exact) mass is 340 g/mol. The predicted octanol–water partition coefficient (Wildman–Crippen LogP) is 1.01. The summed E-state index contributed by atoms with van der Waals surface area (Å²) in [7, 11) is -1.97. The van der Waals surface area contributed by atoms with Gasteiger partial charge in [0, 0.05) is 32.2 Å². The maximum Gasteiger partial charge on any atom is 0.261 e. The number of hydrogen-bond acceptors (Lipinski definition) is 4. The van der Waals surface area contributed by atoms with Crippen molar-refractivity contribution >= 4 is 34.0 Å². The van der Waals surface area contributed by atoms with Gasteiger partial charge in [-0.05, 0) is 19.3 Å². The molecule has 1 aromatic heterocycles. The first-order valence-electron chi connectivity index (χ1n) is 6.42. The molecule has 0 radical (unpaired) electrons.